The van der Waals surface area contributed by atoms with Gasteiger partial charge in [0.2, 0.25) is 0 Å². The van der Waals surface area contributed by atoms with Crippen LogP contribution in [0.25, 0.3) is 0 Å². The number of hydrogen-bond donors (Lipinski definition) is 0. The van der Waals surface area contributed by atoms with Crippen molar-refractivity contribution < 1.29 is 0 Å². The molecule has 1 atom stereocenters. The van der Waals surface area contributed by atoms with Crippen LogP contribution in [0.15, 0.2) is 11.6 Å². The van der Waals surface area contributed by atoms with Gasteiger partial charge in [-0.2, -0.15) is 5.26 Å². The zero-order valence-electron chi connectivity index (χ0n) is 9.41. The monoisotopic (exact) mass is 204 g/mol. The molecular weight excluding hydrogens is 184 g/mol. The van der Waals surface area contributed by atoms with Gasteiger partial charge in [-0.05, 0) is 51.6 Å². The van der Waals surface area contributed by atoms with E-state index >= 15 is 0 Å². The van der Waals surface area contributed by atoms with Gasteiger partial charge in [0.15, 0.2) is 0 Å². The Bertz CT molecular complexity index is 269. The van der Waals surface area contributed by atoms with Gasteiger partial charge in [0.1, 0.15) is 0 Å². The molecule has 0 N–H and O–H groups in total. The lowest BCUT2D eigenvalue weighted by Gasteiger charge is -2.32. The van der Waals surface area contributed by atoms with Crippen molar-refractivity contribution in [2.45, 2.75) is 51.0 Å². The Hall–Kier alpha value is -0.810. The highest BCUT2D eigenvalue weighted by Gasteiger charge is 2.25. The highest BCUT2D eigenvalue weighted by atomic mass is 15.2. The third kappa shape index (κ3) is 2.60. The average molecular weight is 204 g/mol. The number of allylic oxidation sites excluding steroid dienone is 1. The molecule has 1 unspecified atom stereocenters. The highest BCUT2D eigenvalue weighted by Crippen LogP contribution is 2.28. The molecule has 0 aromatic carbocycles. The second kappa shape index (κ2) is 5.32. The van der Waals surface area contributed by atoms with E-state index < -0.39 is 0 Å². The summed E-state index contributed by atoms with van der Waals surface area (Å²) in [5, 5.41) is 8.66. The summed E-state index contributed by atoms with van der Waals surface area (Å²) < 4.78 is 0. The van der Waals surface area contributed by atoms with Crippen molar-refractivity contribution >= 4 is 0 Å². The molecule has 0 aromatic rings. The first kappa shape index (κ1) is 10.7. The van der Waals surface area contributed by atoms with Gasteiger partial charge in [-0.3, -0.25) is 4.90 Å². The van der Waals surface area contributed by atoms with Crippen molar-refractivity contribution in [1.29, 1.82) is 5.26 Å². The zero-order chi connectivity index (χ0) is 10.5. The van der Waals surface area contributed by atoms with Crippen LogP contribution in [0.1, 0.15) is 44.9 Å². The molecular formula is C13H20N2. The van der Waals surface area contributed by atoms with Gasteiger partial charge in [-0.25, -0.2) is 0 Å². The summed E-state index contributed by atoms with van der Waals surface area (Å²) >= 11 is 0. The minimum Gasteiger partial charge on any atom is -0.297 e. The predicted molar refractivity (Wildman–Crippen MR) is 61.4 cm³/mol. The van der Waals surface area contributed by atoms with Gasteiger partial charge < -0.3 is 0 Å². The molecule has 0 amide bonds. The van der Waals surface area contributed by atoms with Crippen LogP contribution in [-0.2, 0) is 0 Å². The molecule has 1 heterocycles. The predicted octanol–water partition coefficient (Wildman–Crippen LogP) is 2.86. The lowest BCUT2D eigenvalue weighted by molar-refractivity contribution is 0.247. The Labute approximate surface area is 92.6 Å². The zero-order valence-corrected chi connectivity index (χ0v) is 9.41. The quantitative estimate of drug-likeness (QED) is 0.661. The fourth-order valence-corrected chi connectivity index (χ4v) is 2.86. The topological polar surface area (TPSA) is 27.0 Å². The summed E-state index contributed by atoms with van der Waals surface area (Å²) in [6.07, 6.45) is 10.7. The molecule has 0 bridgehead atoms. The summed E-state index contributed by atoms with van der Waals surface area (Å²) in [5.41, 5.74) is 1.55. The molecule has 0 aromatic heterocycles. The second-order valence-corrected chi connectivity index (χ2v) is 4.63. The SMILES string of the molecule is N#CCCC1=CCCCC1N1CCCC1. The summed E-state index contributed by atoms with van der Waals surface area (Å²) in [6, 6.07) is 2.94. The van der Waals surface area contributed by atoms with Crippen molar-refractivity contribution in [1.82, 2.24) is 4.90 Å². The van der Waals surface area contributed by atoms with E-state index in [1.165, 1.54) is 45.2 Å². The fourth-order valence-electron chi connectivity index (χ4n) is 2.86. The Morgan fingerprint density at radius 2 is 2.13 bits per heavy atom. The lowest BCUT2D eigenvalue weighted by Crippen LogP contribution is -2.35. The molecule has 1 saturated heterocycles. The third-order valence-corrected chi connectivity index (χ3v) is 3.62. The molecule has 1 aliphatic carbocycles. The maximum Gasteiger partial charge on any atom is 0.0625 e. The van der Waals surface area contributed by atoms with E-state index in [1.807, 2.05) is 0 Å². The van der Waals surface area contributed by atoms with E-state index in [0.29, 0.717) is 12.5 Å². The number of nitrogens with zero attached hydrogens (tertiary/aromatic N) is 2. The third-order valence-electron chi connectivity index (χ3n) is 3.62. The second-order valence-electron chi connectivity index (χ2n) is 4.63. The summed E-state index contributed by atoms with van der Waals surface area (Å²) in [4.78, 5) is 2.63. The smallest absolute Gasteiger partial charge is 0.0625 e. The van der Waals surface area contributed by atoms with E-state index in [4.69, 9.17) is 5.26 Å². The molecule has 2 nitrogen and oxygen atoms in total. The van der Waals surface area contributed by atoms with Crippen molar-refractivity contribution in [2.75, 3.05) is 13.1 Å². The Morgan fingerprint density at radius 3 is 2.87 bits per heavy atom. The summed E-state index contributed by atoms with van der Waals surface area (Å²) in [5.74, 6) is 0. The molecule has 2 rings (SSSR count). The lowest BCUT2D eigenvalue weighted by atomic mass is 9.90. The van der Waals surface area contributed by atoms with Crippen LogP contribution in [-0.4, -0.2) is 24.0 Å². The first-order valence-corrected chi connectivity index (χ1v) is 6.22. The van der Waals surface area contributed by atoms with Crippen LogP contribution >= 0.6 is 0 Å². The van der Waals surface area contributed by atoms with Crippen LogP contribution in [0.2, 0.25) is 0 Å². The maximum absolute atomic E-state index is 8.66. The van der Waals surface area contributed by atoms with Crippen LogP contribution < -0.4 is 0 Å². The summed E-state index contributed by atoms with van der Waals surface area (Å²) in [7, 11) is 0. The van der Waals surface area contributed by atoms with Gasteiger partial charge in [0.05, 0.1) is 6.07 Å². The Kier molecular flexibility index (Phi) is 3.80. The molecule has 1 fully saturated rings. The Balaban J connectivity index is 1.98. The van der Waals surface area contributed by atoms with Crippen LogP contribution in [0, 0.1) is 11.3 Å². The maximum atomic E-state index is 8.66. The molecule has 2 heteroatoms. The first-order valence-electron chi connectivity index (χ1n) is 6.22. The van der Waals surface area contributed by atoms with Gasteiger partial charge in [0, 0.05) is 12.5 Å². The number of rotatable bonds is 3. The first-order chi connectivity index (χ1) is 7.42. The van der Waals surface area contributed by atoms with Crippen LogP contribution in [0.3, 0.4) is 0 Å². The molecule has 2 aliphatic rings. The van der Waals surface area contributed by atoms with E-state index in [1.54, 1.807) is 5.57 Å². The van der Waals surface area contributed by atoms with E-state index in [-0.39, 0.29) is 0 Å². The number of likely N-dealkylation sites (tertiary alicyclic amines) is 1. The van der Waals surface area contributed by atoms with Crippen molar-refractivity contribution in [2.24, 2.45) is 0 Å². The normalized spacial score (nSPS) is 27.4. The molecule has 0 radical (unpaired) electrons. The van der Waals surface area contributed by atoms with Crippen molar-refractivity contribution in [3.8, 4) is 6.07 Å². The molecule has 15 heavy (non-hydrogen) atoms. The van der Waals surface area contributed by atoms with Crippen LogP contribution in [0.4, 0.5) is 0 Å². The average Bonchev–Trinajstić information content (AvgIpc) is 2.80. The van der Waals surface area contributed by atoms with Crippen molar-refractivity contribution in [3.63, 3.8) is 0 Å². The molecule has 1 aliphatic heterocycles. The van der Waals surface area contributed by atoms with E-state index in [9.17, 15) is 0 Å². The molecule has 82 valence electrons. The Morgan fingerprint density at radius 1 is 1.33 bits per heavy atom. The summed E-state index contributed by atoms with van der Waals surface area (Å²) in [6.45, 7) is 2.54. The van der Waals surface area contributed by atoms with Gasteiger partial charge in [-0.15, -0.1) is 0 Å². The number of hydrogen-bond acceptors (Lipinski definition) is 2. The van der Waals surface area contributed by atoms with Gasteiger partial charge in [-0.1, -0.05) is 11.6 Å². The largest absolute Gasteiger partial charge is 0.297 e. The van der Waals surface area contributed by atoms with Crippen molar-refractivity contribution in [3.05, 3.63) is 11.6 Å². The molecule has 0 saturated carbocycles. The van der Waals surface area contributed by atoms with Gasteiger partial charge in [0.25, 0.3) is 0 Å². The van der Waals surface area contributed by atoms with E-state index in [2.05, 4.69) is 17.0 Å². The fraction of sp³-hybridized carbons (Fsp3) is 0.769. The van der Waals surface area contributed by atoms with E-state index in [0.717, 1.165) is 6.42 Å². The standard InChI is InChI=1S/C13H20N2/c14-9-5-7-12-6-1-2-8-13(12)15-10-3-4-11-15/h6,13H,1-5,7-8,10-11H2. The minimum atomic E-state index is 0.676. The number of nitriles is 1. The highest BCUT2D eigenvalue weighted by molar-refractivity contribution is 5.15. The molecule has 0 spiro atoms. The van der Waals surface area contributed by atoms with Crippen LogP contribution in [0.5, 0.6) is 0 Å². The minimum absolute atomic E-state index is 0.676. The van der Waals surface area contributed by atoms with Gasteiger partial charge >= 0.3 is 0 Å².